The Balaban J connectivity index is 1.42. The fourth-order valence-electron chi connectivity index (χ4n) is 6.08. The minimum Gasteiger partial charge on any atom is -0.508 e. The lowest BCUT2D eigenvalue weighted by molar-refractivity contribution is 0.0582. The van der Waals surface area contributed by atoms with Crippen LogP contribution in [0.5, 0.6) is 5.75 Å². The van der Waals surface area contributed by atoms with Crippen LogP contribution in [0.2, 0.25) is 0 Å². The summed E-state index contributed by atoms with van der Waals surface area (Å²) in [7, 11) is 0. The van der Waals surface area contributed by atoms with Gasteiger partial charge in [0.2, 0.25) is 0 Å². The zero-order valence-corrected chi connectivity index (χ0v) is 19.4. The molecule has 1 N–H and O–H groups in total. The zero-order valence-electron chi connectivity index (χ0n) is 19.4. The van der Waals surface area contributed by atoms with Crippen LogP contribution in [0.1, 0.15) is 59.6 Å². The number of hydrogen-bond acceptors (Lipinski definition) is 4. The predicted octanol–water partition coefficient (Wildman–Crippen LogP) is 4.44. The van der Waals surface area contributed by atoms with Crippen molar-refractivity contribution in [3.05, 3.63) is 77.9 Å². The van der Waals surface area contributed by atoms with E-state index in [-0.39, 0.29) is 11.9 Å². The summed E-state index contributed by atoms with van der Waals surface area (Å²) in [6, 6.07) is 17.0. The molecule has 2 aromatic rings. The molecule has 3 aliphatic rings. The highest BCUT2D eigenvalue weighted by atomic mass is 16.3. The van der Waals surface area contributed by atoms with Crippen molar-refractivity contribution >= 4 is 5.91 Å². The number of carbonyl (C=O) groups excluding carboxylic acids is 1. The van der Waals surface area contributed by atoms with Crippen LogP contribution in [-0.2, 0) is 0 Å². The molecule has 5 nitrogen and oxygen atoms in total. The lowest BCUT2D eigenvalue weighted by atomic mass is 9.94. The van der Waals surface area contributed by atoms with E-state index >= 15 is 0 Å². The molecule has 3 fully saturated rings. The number of piperidine rings is 1. The Kier molecular flexibility index (Phi) is 6.52. The Morgan fingerprint density at radius 1 is 1.00 bits per heavy atom. The number of nitrogens with zero attached hydrogens (tertiary/aromatic N) is 3. The van der Waals surface area contributed by atoms with Crippen LogP contribution in [0.4, 0.5) is 0 Å². The van der Waals surface area contributed by atoms with Crippen molar-refractivity contribution in [2.24, 2.45) is 0 Å². The second-order valence-electron chi connectivity index (χ2n) is 9.80. The van der Waals surface area contributed by atoms with Crippen molar-refractivity contribution in [3.63, 3.8) is 0 Å². The molecule has 5 rings (SSSR count). The van der Waals surface area contributed by atoms with Gasteiger partial charge in [0.25, 0.3) is 5.91 Å². The number of likely N-dealkylation sites (tertiary alicyclic amines) is 2. The molecule has 174 valence electrons. The Labute approximate surface area is 197 Å². The molecule has 3 saturated heterocycles. The number of phenols is 1. The maximum atomic E-state index is 13.0. The fraction of sp³-hybridized carbons (Fsp3) is 0.464. The average molecular weight is 446 g/mol. The van der Waals surface area contributed by atoms with E-state index in [9.17, 15) is 9.90 Å². The lowest BCUT2D eigenvalue weighted by Gasteiger charge is -2.44. The minimum atomic E-state index is 0.0604. The summed E-state index contributed by atoms with van der Waals surface area (Å²) < 4.78 is 0. The maximum absolute atomic E-state index is 13.0. The number of amides is 1. The van der Waals surface area contributed by atoms with E-state index in [0.717, 1.165) is 56.7 Å². The standard InChI is InChI=1S/C28H35N3O2/c1-2-15-31-24-13-14-25(31)20-30(19-24)27(23-7-6-8-26(32)18-23)21-9-11-22(12-10-21)28(33)29-16-4-3-5-17-29/h2,6-12,18,24-25,27,32H,1,3-5,13-17,19-20H2. The highest BCUT2D eigenvalue weighted by Crippen LogP contribution is 2.38. The monoisotopic (exact) mass is 445 g/mol. The molecule has 33 heavy (non-hydrogen) atoms. The number of fused-ring (bicyclic) bond motifs is 2. The SMILES string of the molecule is C=CCN1C2CCC1CN(C(c1ccc(C(=O)N3CCCCC3)cc1)c1cccc(O)c1)C2. The first-order valence-corrected chi connectivity index (χ1v) is 12.4. The summed E-state index contributed by atoms with van der Waals surface area (Å²) in [5, 5.41) is 10.2. The second-order valence-corrected chi connectivity index (χ2v) is 9.80. The van der Waals surface area contributed by atoms with Crippen molar-refractivity contribution in [2.45, 2.75) is 50.2 Å². The van der Waals surface area contributed by atoms with Crippen molar-refractivity contribution < 1.29 is 9.90 Å². The topological polar surface area (TPSA) is 47.0 Å². The first-order chi connectivity index (χ1) is 16.1. The van der Waals surface area contributed by atoms with E-state index in [1.165, 1.54) is 24.8 Å². The van der Waals surface area contributed by atoms with Crippen LogP contribution in [0.15, 0.2) is 61.2 Å². The summed E-state index contributed by atoms with van der Waals surface area (Å²) in [6.45, 7) is 8.63. The molecule has 3 aliphatic heterocycles. The Morgan fingerprint density at radius 2 is 1.70 bits per heavy atom. The van der Waals surface area contributed by atoms with Crippen LogP contribution in [0.3, 0.4) is 0 Å². The van der Waals surface area contributed by atoms with E-state index in [4.69, 9.17) is 0 Å². The van der Waals surface area contributed by atoms with Gasteiger partial charge in [-0.15, -0.1) is 6.58 Å². The molecule has 1 amide bonds. The summed E-state index contributed by atoms with van der Waals surface area (Å²) in [5.41, 5.74) is 3.04. The Hall–Kier alpha value is -2.63. The van der Waals surface area contributed by atoms with Gasteiger partial charge in [-0.25, -0.2) is 0 Å². The van der Waals surface area contributed by atoms with Gasteiger partial charge >= 0.3 is 0 Å². The molecule has 2 bridgehead atoms. The van der Waals surface area contributed by atoms with Gasteiger partial charge in [-0.05, 0) is 67.5 Å². The minimum absolute atomic E-state index is 0.0604. The van der Waals surface area contributed by atoms with Crippen molar-refractivity contribution in [3.8, 4) is 5.75 Å². The molecule has 0 radical (unpaired) electrons. The van der Waals surface area contributed by atoms with Gasteiger partial charge in [0, 0.05) is 50.4 Å². The largest absolute Gasteiger partial charge is 0.508 e. The molecule has 0 aliphatic carbocycles. The number of piperazine rings is 1. The number of aromatic hydroxyl groups is 1. The van der Waals surface area contributed by atoms with Gasteiger partial charge < -0.3 is 10.0 Å². The molecule has 0 spiro atoms. The molecule has 0 aromatic heterocycles. The summed E-state index contributed by atoms with van der Waals surface area (Å²) >= 11 is 0. The maximum Gasteiger partial charge on any atom is 0.253 e. The van der Waals surface area contributed by atoms with Crippen molar-refractivity contribution in [2.75, 3.05) is 32.7 Å². The number of benzene rings is 2. The second kappa shape index (κ2) is 9.70. The van der Waals surface area contributed by atoms with Crippen molar-refractivity contribution in [1.29, 1.82) is 0 Å². The highest BCUT2D eigenvalue weighted by molar-refractivity contribution is 5.94. The molecule has 3 heterocycles. The summed E-state index contributed by atoms with van der Waals surface area (Å²) in [4.78, 5) is 20.1. The van der Waals surface area contributed by atoms with Crippen LogP contribution in [0.25, 0.3) is 0 Å². The molecule has 3 atom stereocenters. The molecule has 3 unspecified atom stereocenters. The van der Waals surface area contributed by atoms with Gasteiger partial charge in [0.05, 0.1) is 6.04 Å². The smallest absolute Gasteiger partial charge is 0.253 e. The van der Waals surface area contributed by atoms with Crippen LogP contribution >= 0.6 is 0 Å². The number of rotatable bonds is 6. The van der Waals surface area contributed by atoms with Gasteiger partial charge in [0.15, 0.2) is 0 Å². The van der Waals surface area contributed by atoms with E-state index in [1.807, 2.05) is 35.2 Å². The van der Waals surface area contributed by atoms with Gasteiger partial charge in [-0.1, -0.05) is 30.3 Å². The third-order valence-corrected chi connectivity index (χ3v) is 7.67. The summed E-state index contributed by atoms with van der Waals surface area (Å²) in [5.74, 6) is 0.439. The molecular weight excluding hydrogens is 410 g/mol. The first-order valence-electron chi connectivity index (χ1n) is 12.4. The highest BCUT2D eigenvalue weighted by Gasteiger charge is 2.41. The van der Waals surface area contributed by atoms with E-state index < -0.39 is 0 Å². The number of carbonyl (C=O) groups is 1. The first kappa shape index (κ1) is 22.2. The van der Waals surface area contributed by atoms with E-state index in [1.54, 1.807) is 6.07 Å². The van der Waals surface area contributed by atoms with E-state index in [0.29, 0.717) is 17.8 Å². The normalized spacial score (nSPS) is 24.5. The molecule has 0 saturated carbocycles. The predicted molar refractivity (Wildman–Crippen MR) is 131 cm³/mol. The molecule has 2 aromatic carbocycles. The fourth-order valence-corrected chi connectivity index (χ4v) is 6.08. The van der Waals surface area contributed by atoms with Gasteiger partial charge in [-0.3, -0.25) is 14.6 Å². The van der Waals surface area contributed by atoms with Gasteiger partial charge in [0.1, 0.15) is 5.75 Å². The lowest BCUT2D eigenvalue weighted by Crippen LogP contribution is -2.54. The van der Waals surface area contributed by atoms with Gasteiger partial charge in [-0.2, -0.15) is 0 Å². The van der Waals surface area contributed by atoms with Crippen LogP contribution in [-0.4, -0.2) is 70.5 Å². The van der Waals surface area contributed by atoms with Crippen LogP contribution in [0, 0.1) is 0 Å². The Bertz CT molecular complexity index is 969. The van der Waals surface area contributed by atoms with Crippen molar-refractivity contribution in [1.82, 2.24) is 14.7 Å². The molecule has 5 heteroatoms. The summed E-state index contributed by atoms with van der Waals surface area (Å²) in [6.07, 6.45) is 7.89. The zero-order chi connectivity index (χ0) is 22.8. The number of hydrogen-bond donors (Lipinski definition) is 1. The molecular formula is C28H35N3O2. The van der Waals surface area contributed by atoms with E-state index in [2.05, 4.69) is 34.6 Å². The Morgan fingerprint density at radius 3 is 2.33 bits per heavy atom. The average Bonchev–Trinajstić information content (AvgIpc) is 3.07. The van der Waals surface area contributed by atoms with Crippen LogP contribution < -0.4 is 0 Å². The third kappa shape index (κ3) is 4.57. The number of phenolic OH excluding ortho intramolecular Hbond substituents is 1. The third-order valence-electron chi connectivity index (χ3n) is 7.67. The quantitative estimate of drug-likeness (QED) is 0.668.